The van der Waals surface area contributed by atoms with Crippen molar-refractivity contribution in [2.75, 3.05) is 17.7 Å². The van der Waals surface area contributed by atoms with Gasteiger partial charge in [0, 0.05) is 11.4 Å². The number of carbonyl (C=O) groups is 2. The second kappa shape index (κ2) is 4.99. The predicted molar refractivity (Wildman–Crippen MR) is 56.1 cm³/mol. The van der Waals surface area contributed by atoms with Gasteiger partial charge >= 0.3 is 11.9 Å². The molecule has 0 heterocycles. The summed E-state index contributed by atoms with van der Waals surface area (Å²) in [5, 5.41) is 2.37. The number of benzene rings is 1. The van der Waals surface area contributed by atoms with Crippen LogP contribution in [0.25, 0.3) is 0 Å². The van der Waals surface area contributed by atoms with E-state index in [1.54, 1.807) is 31.2 Å². The van der Waals surface area contributed by atoms with E-state index in [1.807, 2.05) is 0 Å². The van der Waals surface area contributed by atoms with Crippen LogP contribution in [0.3, 0.4) is 0 Å². The predicted octanol–water partition coefficient (Wildman–Crippen LogP) is 0.770. The minimum Gasteiger partial charge on any atom is -0.459 e. The number of rotatable bonds is 2. The van der Waals surface area contributed by atoms with Gasteiger partial charge in [-0.25, -0.2) is 4.79 Å². The number of anilines is 2. The highest BCUT2D eigenvalue weighted by atomic mass is 16.5. The van der Waals surface area contributed by atoms with Crippen molar-refractivity contribution >= 4 is 23.3 Å². The Labute approximate surface area is 87.2 Å². The molecular weight excluding hydrogens is 196 g/mol. The van der Waals surface area contributed by atoms with Crippen LogP contribution in [0.2, 0.25) is 0 Å². The molecule has 0 saturated heterocycles. The lowest BCUT2D eigenvalue weighted by atomic mass is 10.3. The van der Waals surface area contributed by atoms with E-state index in [2.05, 4.69) is 10.1 Å². The fraction of sp³-hybridized carbons (Fsp3) is 0.200. The highest BCUT2D eigenvalue weighted by Gasteiger charge is 2.14. The van der Waals surface area contributed by atoms with Gasteiger partial charge in [0.15, 0.2) is 0 Å². The molecule has 0 bridgehead atoms. The summed E-state index contributed by atoms with van der Waals surface area (Å²) in [6.07, 6.45) is 0. The molecule has 0 spiro atoms. The maximum Gasteiger partial charge on any atom is 0.397 e. The number of nitrogens with one attached hydrogen (secondary N) is 1. The van der Waals surface area contributed by atoms with Crippen molar-refractivity contribution in [3.05, 3.63) is 24.3 Å². The molecule has 1 rings (SSSR count). The first-order valence-corrected chi connectivity index (χ1v) is 4.47. The summed E-state index contributed by atoms with van der Waals surface area (Å²) in [5.41, 5.74) is 6.48. The van der Waals surface area contributed by atoms with Crippen molar-refractivity contribution < 1.29 is 14.3 Å². The van der Waals surface area contributed by atoms with E-state index in [0.717, 1.165) is 0 Å². The molecule has 0 atom stereocenters. The molecule has 1 amide bonds. The van der Waals surface area contributed by atoms with Crippen LogP contribution in [-0.4, -0.2) is 18.5 Å². The summed E-state index contributed by atoms with van der Waals surface area (Å²) >= 11 is 0. The average Bonchev–Trinajstić information content (AvgIpc) is 2.18. The van der Waals surface area contributed by atoms with Crippen molar-refractivity contribution in [2.45, 2.75) is 6.92 Å². The molecule has 3 N–H and O–H groups in total. The first-order valence-electron chi connectivity index (χ1n) is 4.47. The summed E-state index contributed by atoms with van der Waals surface area (Å²) < 4.78 is 4.52. The van der Waals surface area contributed by atoms with E-state index < -0.39 is 11.9 Å². The third-order valence-corrected chi connectivity index (χ3v) is 1.61. The van der Waals surface area contributed by atoms with Crippen LogP contribution >= 0.6 is 0 Å². The van der Waals surface area contributed by atoms with E-state index in [0.29, 0.717) is 11.4 Å². The summed E-state index contributed by atoms with van der Waals surface area (Å²) in [6, 6.07) is 6.54. The fourth-order valence-corrected chi connectivity index (χ4v) is 0.995. The molecular formula is C10H12N2O3. The number of hydrogen-bond donors (Lipinski definition) is 2. The standard InChI is InChI=1S/C10H12N2O3/c1-2-15-10(14)9(13)12-8-5-3-4-7(11)6-8/h3-6H,2,11H2,1H3,(H,12,13). The van der Waals surface area contributed by atoms with Crippen LogP contribution in [0.4, 0.5) is 11.4 Å². The Bertz CT molecular complexity index is 377. The average molecular weight is 208 g/mol. The molecule has 0 aliphatic carbocycles. The third kappa shape index (κ3) is 3.30. The lowest BCUT2D eigenvalue weighted by Crippen LogP contribution is -2.24. The molecule has 80 valence electrons. The summed E-state index contributed by atoms with van der Waals surface area (Å²) in [6.45, 7) is 1.80. The molecule has 0 fully saturated rings. The van der Waals surface area contributed by atoms with E-state index >= 15 is 0 Å². The Morgan fingerprint density at radius 2 is 2.20 bits per heavy atom. The number of carbonyl (C=O) groups excluding carboxylic acids is 2. The topological polar surface area (TPSA) is 81.4 Å². The van der Waals surface area contributed by atoms with Crippen LogP contribution in [0.5, 0.6) is 0 Å². The first kappa shape index (κ1) is 11.0. The zero-order valence-electron chi connectivity index (χ0n) is 8.32. The Kier molecular flexibility index (Phi) is 3.68. The highest BCUT2D eigenvalue weighted by Crippen LogP contribution is 2.11. The fourth-order valence-electron chi connectivity index (χ4n) is 0.995. The van der Waals surface area contributed by atoms with E-state index in [9.17, 15) is 9.59 Å². The van der Waals surface area contributed by atoms with Gasteiger partial charge in [0.05, 0.1) is 6.61 Å². The zero-order valence-corrected chi connectivity index (χ0v) is 8.32. The maximum absolute atomic E-state index is 11.2. The van der Waals surface area contributed by atoms with Crippen molar-refractivity contribution in [1.82, 2.24) is 0 Å². The maximum atomic E-state index is 11.2. The largest absolute Gasteiger partial charge is 0.459 e. The minimum atomic E-state index is -0.903. The molecule has 5 heteroatoms. The number of nitrogens with two attached hydrogens (primary N) is 1. The molecule has 0 unspecified atom stereocenters. The quantitative estimate of drug-likeness (QED) is 0.427. The molecule has 1 aromatic carbocycles. The van der Waals surface area contributed by atoms with Gasteiger partial charge in [-0.3, -0.25) is 4.79 Å². The second-order valence-electron chi connectivity index (χ2n) is 2.80. The monoisotopic (exact) mass is 208 g/mol. The number of hydrogen-bond acceptors (Lipinski definition) is 4. The molecule has 0 radical (unpaired) electrons. The molecule has 0 saturated carbocycles. The summed E-state index contributed by atoms with van der Waals surface area (Å²) in [7, 11) is 0. The van der Waals surface area contributed by atoms with Gasteiger partial charge in [0.1, 0.15) is 0 Å². The Balaban J connectivity index is 2.62. The number of esters is 1. The van der Waals surface area contributed by atoms with Crippen LogP contribution in [0.15, 0.2) is 24.3 Å². The van der Waals surface area contributed by atoms with Gasteiger partial charge in [-0.1, -0.05) is 6.07 Å². The number of amides is 1. The second-order valence-corrected chi connectivity index (χ2v) is 2.80. The van der Waals surface area contributed by atoms with E-state index in [4.69, 9.17) is 5.73 Å². The summed E-state index contributed by atoms with van der Waals surface area (Å²) in [4.78, 5) is 22.2. The van der Waals surface area contributed by atoms with Crippen molar-refractivity contribution in [3.63, 3.8) is 0 Å². The Morgan fingerprint density at radius 1 is 1.47 bits per heavy atom. The molecule has 0 aromatic heterocycles. The van der Waals surface area contributed by atoms with Crippen LogP contribution in [0, 0.1) is 0 Å². The molecule has 0 aliphatic heterocycles. The lowest BCUT2D eigenvalue weighted by molar-refractivity contribution is -0.152. The molecule has 5 nitrogen and oxygen atoms in total. The van der Waals surface area contributed by atoms with Gasteiger partial charge in [-0.2, -0.15) is 0 Å². The van der Waals surface area contributed by atoms with Gasteiger partial charge in [0.2, 0.25) is 0 Å². The van der Waals surface area contributed by atoms with Crippen LogP contribution in [-0.2, 0) is 14.3 Å². The molecule has 1 aromatic rings. The van der Waals surface area contributed by atoms with E-state index in [1.165, 1.54) is 0 Å². The smallest absolute Gasteiger partial charge is 0.397 e. The van der Waals surface area contributed by atoms with Gasteiger partial charge < -0.3 is 15.8 Å². The lowest BCUT2D eigenvalue weighted by Gasteiger charge is -2.04. The SMILES string of the molecule is CCOC(=O)C(=O)Nc1cccc(N)c1. The molecule has 0 aliphatic rings. The zero-order chi connectivity index (χ0) is 11.3. The third-order valence-electron chi connectivity index (χ3n) is 1.61. The first-order chi connectivity index (χ1) is 7.13. The highest BCUT2D eigenvalue weighted by molar-refractivity contribution is 6.37. The van der Waals surface area contributed by atoms with Gasteiger partial charge in [-0.05, 0) is 25.1 Å². The number of nitrogen functional groups attached to an aromatic ring is 1. The van der Waals surface area contributed by atoms with Crippen molar-refractivity contribution in [2.24, 2.45) is 0 Å². The normalized spacial score (nSPS) is 9.40. The van der Waals surface area contributed by atoms with Crippen LogP contribution < -0.4 is 11.1 Å². The van der Waals surface area contributed by atoms with Gasteiger partial charge in [0.25, 0.3) is 0 Å². The van der Waals surface area contributed by atoms with Crippen molar-refractivity contribution in [3.8, 4) is 0 Å². The Hall–Kier alpha value is -2.04. The van der Waals surface area contributed by atoms with E-state index in [-0.39, 0.29) is 6.61 Å². The van der Waals surface area contributed by atoms with Gasteiger partial charge in [-0.15, -0.1) is 0 Å². The van der Waals surface area contributed by atoms with Crippen molar-refractivity contribution in [1.29, 1.82) is 0 Å². The minimum absolute atomic E-state index is 0.170. The van der Waals surface area contributed by atoms with Crippen LogP contribution in [0.1, 0.15) is 6.92 Å². The summed E-state index contributed by atoms with van der Waals surface area (Å²) in [5.74, 6) is -1.71. The number of ether oxygens (including phenoxy) is 1. The Morgan fingerprint density at radius 3 is 2.80 bits per heavy atom. The molecule has 15 heavy (non-hydrogen) atoms.